The molecule has 0 spiro atoms. The third-order valence-corrected chi connectivity index (χ3v) is 2.50. The Labute approximate surface area is 87.9 Å². The summed E-state index contributed by atoms with van der Waals surface area (Å²) < 4.78 is 26.4. The fourth-order valence-electron chi connectivity index (χ4n) is 1.48. The average Bonchev–Trinajstić information content (AvgIpc) is 2.03. The predicted molar refractivity (Wildman–Crippen MR) is 53.7 cm³/mol. The van der Waals surface area contributed by atoms with Gasteiger partial charge in [0.25, 0.3) is 0 Å². The first-order chi connectivity index (χ1) is 6.20. The highest BCUT2D eigenvalue weighted by atomic mass is 35.5. The van der Waals surface area contributed by atoms with E-state index in [1.807, 2.05) is 0 Å². The molecule has 0 aromatic heterocycles. The van der Waals surface area contributed by atoms with Crippen molar-refractivity contribution in [1.82, 2.24) is 5.32 Å². The summed E-state index contributed by atoms with van der Waals surface area (Å²) in [5, 5.41) is 3.04. The minimum absolute atomic E-state index is 0. The fraction of sp³-hybridized carbons (Fsp3) is 0.400. The van der Waals surface area contributed by atoms with Crippen LogP contribution in [-0.2, 0) is 0 Å². The minimum Gasteiger partial charge on any atom is -0.310 e. The molecule has 0 aliphatic carbocycles. The molecule has 0 amide bonds. The van der Waals surface area contributed by atoms with E-state index in [2.05, 4.69) is 5.32 Å². The van der Waals surface area contributed by atoms with Gasteiger partial charge in [-0.2, -0.15) is 0 Å². The second-order valence-electron chi connectivity index (χ2n) is 3.40. The van der Waals surface area contributed by atoms with Crippen LogP contribution >= 0.6 is 12.4 Å². The molecule has 1 N–H and O–H groups in total. The van der Waals surface area contributed by atoms with Crippen LogP contribution in [0.1, 0.15) is 23.6 Å². The topological polar surface area (TPSA) is 12.0 Å². The van der Waals surface area contributed by atoms with Gasteiger partial charge in [-0.15, -0.1) is 12.4 Å². The number of halogens is 3. The van der Waals surface area contributed by atoms with E-state index >= 15 is 0 Å². The van der Waals surface area contributed by atoms with E-state index in [9.17, 15) is 8.78 Å². The van der Waals surface area contributed by atoms with Gasteiger partial charge < -0.3 is 5.32 Å². The zero-order chi connectivity index (χ0) is 9.42. The third kappa shape index (κ3) is 1.74. The van der Waals surface area contributed by atoms with Crippen molar-refractivity contribution in [2.45, 2.75) is 19.4 Å². The number of aryl methyl sites for hydroxylation is 1. The molecule has 0 saturated carbocycles. The highest BCUT2D eigenvalue weighted by Gasteiger charge is 2.23. The molecule has 1 aliphatic rings. The second-order valence-corrected chi connectivity index (χ2v) is 3.40. The largest absolute Gasteiger partial charge is 0.310 e. The van der Waals surface area contributed by atoms with Gasteiger partial charge in [-0.25, -0.2) is 8.78 Å². The van der Waals surface area contributed by atoms with Gasteiger partial charge in [-0.3, -0.25) is 0 Å². The summed E-state index contributed by atoms with van der Waals surface area (Å²) >= 11 is 0. The Balaban J connectivity index is 0.000000980. The molecule has 1 heterocycles. The summed E-state index contributed by atoms with van der Waals surface area (Å²) in [5.74, 6) is -1.41. The maximum atomic E-state index is 13.3. The van der Waals surface area contributed by atoms with E-state index in [4.69, 9.17) is 0 Å². The van der Waals surface area contributed by atoms with E-state index in [1.54, 1.807) is 19.1 Å². The fourth-order valence-corrected chi connectivity index (χ4v) is 1.48. The SMILES string of the molecule is Cc1ccc([C@H]2CCN2)c(F)c1F.Cl. The standard InChI is InChI=1S/C10H11F2N.ClH/c1-6-2-3-7(8-4-5-13-8)10(12)9(6)11;/h2-3,8,13H,4-5H2,1H3;1H/t8-;/m1./s1. The van der Waals surface area contributed by atoms with E-state index in [0.29, 0.717) is 11.1 Å². The first kappa shape index (κ1) is 11.4. The van der Waals surface area contributed by atoms with Crippen LogP contribution in [0.2, 0.25) is 0 Å². The summed E-state index contributed by atoms with van der Waals surface area (Å²) in [5.41, 5.74) is 0.815. The van der Waals surface area contributed by atoms with Gasteiger partial charge in [0.1, 0.15) is 0 Å². The molecule has 4 heteroatoms. The Morgan fingerprint density at radius 3 is 2.43 bits per heavy atom. The Hall–Kier alpha value is -0.670. The molecule has 14 heavy (non-hydrogen) atoms. The summed E-state index contributed by atoms with van der Waals surface area (Å²) in [6, 6.07) is 3.29. The quantitative estimate of drug-likeness (QED) is 0.766. The summed E-state index contributed by atoms with van der Waals surface area (Å²) in [6.45, 7) is 2.45. The number of benzene rings is 1. The van der Waals surface area contributed by atoms with Crippen molar-refractivity contribution in [3.63, 3.8) is 0 Å². The molecule has 1 aromatic carbocycles. The first-order valence-electron chi connectivity index (χ1n) is 4.38. The lowest BCUT2D eigenvalue weighted by Gasteiger charge is -2.28. The van der Waals surface area contributed by atoms with Crippen molar-refractivity contribution in [2.75, 3.05) is 6.54 Å². The number of rotatable bonds is 1. The number of nitrogens with one attached hydrogen (secondary N) is 1. The van der Waals surface area contributed by atoms with Crippen LogP contribution < -0.4 is 5.32 Å². The maximum Gasteiger partial charge on any atom is 0.163 e. The van der Waals surface area contributed by atoms with Gasteiger partial charge in [-0.1, -0.05) is 12.1 Å². The first-order valence-corrected chi connectivity index (χ1v) is 4.38. The lowest BCUT2D eigenvalue weighted by Crippen LogP contribution is -2.35. The molecule has 0 bridgehead atoms. The third-order valence-electron chi connectivity index (χ3n) is 2.50. The molecule has 2 rings (SSSR count). The molecule has 1 aromatic rings. The van der Waals surface area contributed by atoms with Gasteiger partial charge in [0, 0.05) is 11.6 Å². The van der Waals surface area contributed by atoms with E-state index in [1.165, 1.54) is 0 Å². The molecule has 1 saturated heterocycles. The van der Waals surface area contributed by atoms with Crippen LogP contribution in [0.4, 0.5) is 8.78 Å². The summed E-state index contributed by atoms with van der Waals surface area (Å²) in [4.78, 5) is 0. The van der Waals surface area contributed by atoms with Crippen LogP contribution in [0.3, 0.4) is 0 Å². The lowest BCUT2D eigenvalue weighted by atomic mass is 9.96. The van der Waals surface area contributed by atoms with Crippen molar-refractivity contribution in [2.24, 2.45) is 0 Å². The molecule has 1 nitrogen and oxygen atoms in total. The Kier molecular flexibility index (Phi) is 3.45. The van der Waals surface area contributed by atoms with E-state index in [-0.39, 0.29) is 18.4 Å². The molecule has 78 valence electrons. The van der Waals surface area contributed by atoms with Gasteiger partial charge in [0.05, 0.1) is 0 Å². The maximum absolute atomic E-state index is 13.3. The normalized spacial score (nSPS) is 19.8. The monoisotopic (exact) mass is 219 g/mol. The van der Waals surface area contributed by atoms with Crippen LogP contribution in [0.5, 0.6) is 0 Å². The molecular weight excluding hydrogens is 208 g/mol. The van der Waals surface area contributed by atoms with Crippen LogP contribution in [0, 0.1) is 18.6 Å². The molecule has 1 aliphatic heterocycles. The van der Waals surface area contributed by atoms with Gasteiger partial charge >= 0.3 is 0 Å². The van der Waals surface area contributed by atoms with Crippen LogP contribution in [-0.4, -0.2) is 6.54 Å². The van der Waals surface area contributed by atoms with Crippen molar-refractivity contribution < 1.29 is 8.78 Å². The Bertz CT molecular complexity index is 337. The predicted octanol–water partition coefficient (Wildman–Crippen LogP) is 2.73. The zero-order valence-electron chi connectivity index (χ0n) is 7.81. The highest BCUT2D eigenvalue weighted by molar-refractivity contribution is 5.85. The van der Waals surface area contributed by atoms with Gasteiger partial charge in [-0.05, 0) is 25.5 Å². The summed E-state index contributed by atoms with van der Waals surface area (Å²) in [6.07, 6.45) is 0.888. The molecule has 1 fully saturated rings. The van der Waals surface area contributed by atoms with Crippen LogP contribution in [0.15, 0.2) is 12.1 Å². The van der Waals surface area contributed by atoms with Gasteiger partial charge in [0.15, 0.2) is 11.6 Å². The molecule has 0 unspecified atom stereocenters. The van der Waals surface area contributed by atoms with Crippen molar-refractivity contribution >= 4 is 12.4 Å². The highest BCUT2D eigenvalue weighted by Crippen LogP contribution is 2.27. The average molecular weight is 220 g/mol. The van der Waals surface area contributed by atoms with Crippen molar-refractivity contribution in [3.05, 3.63) is 34.9 Å². The molecule has 0 radical (unpaired) electrons. The van der Waals surface area contributed by atoms with Gasteiger partial charge in [0.2, 0.25) is 0 Å². The summed E-state index contributed by atoms with van der Waals surface area (Å²) in [7, 11) is 0. The van der Waals surface area contributed by atoms with Crippen LogP contribution in [0.25, 0.3) is 0 Å². The lowest BCUT2D eigenvalue weighted by molar-refractivity contribution is 0.362. The van der Waals surface area contributed by atoms with E-state index < -0.39 is 11.6 Å². The number of hydrogen-bond acceptors (Lipinski definition) is 1. The molecule has 1 atom stereocenters. The Morgan fingerprint density at radius 2 is 1.93 bits per heavy atom. The zero-order valence-corrected chi connectivity index (χ0v) is 8.63. The molecular formula is C10H12ClF2N. The second kappa shape index (κ2) is 4.24. The number of hydrogen-bond donors (Lipinski definition) is 1. The smallest absolute Gasteiger partial charge is 0.163 e. The van der Waals surface area contributed by atoms with E-state index in [0.717, 1.165) is 13.0 Å². The van der Waals surface area contributed by atoms with Crippen molar-refractivity contribution in [1.29, 1.82) is 0 Å². The van der Waals surface area contributed by atoms with Crippen molar-refractivity contribution in [3.8, 4) is 0 Å². The minimum atomic E-state index is -0.716. The Morgan fingerprint density at radius 1 is 1.29 bits per heavy atom.